The Morgan fingerprint density at radius 2 is 2.08 bits per heavy atom. The number of fused-ring (bicyclic) bond motifs is 1. The number of nitrogens with one attached hydrogen (secondary N) is 2. The fourth-order valence-corrected chi connectivity index (χ4v) is 3.81. The molecule has 1 heterocycles. The molecule has 1 aliphatic rings. The molecule has 1 amide bonds. The average Bonchev–Trinajstić information content (AvgIpc) is 2.64. The SMILES string of the molecule is CC(=O)c1ccc(SCC(=O)NCC2NCCc3ccccc32)cc1F. The summed E-state index contributed by atoms with van der Waals surface area (Å²) in [5.74, 6) is -0.758. The van der Waals surface area contributed by atoms with E-state index in [2.05, 4.69) is 22.8 Å². The van der Waals surface area contributed by atoms with Gasteiger partial charge < -0.3 is 10.6 Å². The number of Topliss-reactive ketones (excluding diaryl/α,β-unsaturated/α-hetero) is 1. The average molecular weight is 372 g/mol. The van der Waals surface area contributed by atoms with Crippen molar-refractivity contribution in [2.75, 3.05) is 18.8 Å². The maximum absolute atomic E-state index is 13.8. The number of rotatable bonds is 6. The van der Waals surface area contributed by atoms with E-state index in [4.69, 9.17) is 0 Å². The van der Waals surface area contributed by atoms with Crippen molar-refractivity contribution < 1.29 is 14.0 Å². The maximum Gasteiger partial charge on any atom is 0.230 e. The van der Waals surface area contributed by atoms with Crippen molar-refractivity contribution in [3.8, 4) is 0 Å². The molecule has 2 aromatic rings. The number of carbonyl (C=O) groups is 2. The van der Waals surface area contributed by atoms with Gasteiger partial charge in [-0.15, -0.1) is 11.8 Å². The largest absolute Gasteiger partial charge is 0.353 e. The molecule has 0 fully saturated rings. The molecule has 2 N–H and O–H groups in total. The number of halogens is 1. The topological polar surface area (TPSA) is 58.2 Å². The summed E-state index contributed by atoms with van der Waals surface area (Å²) in [6.45, 7) is 2.75. The van der Waals surface area contributed by atoms with Gasteiger partial charge in [0, 0.05) is 17.5 Å². The summed E-state index contributed by atoms with van der Waals surface area (Å²) >= 11 is 1.25. The molecule has 1 aliphatic heterocycles. The highest BCUT2D eigenvalue weighted by atomic mass is 32.2. The molecule has 3 rings (SSSR count). The van der Waals surface area contributed by atoms with Crippen LogP contribution in [0.2, 0.25) is 0 Å². The number of thioether (sulfide) groups is 1. The lowest BCUT2D eigenvalue weighted by molar-refractivity contribution is -0.118. The second-order valence-corrected chi connectivity index (χ2v) is 7.29. The van der Waals surface area contributed by atoms with Gasteiger partial charge in [0.15, 0.2) is 5.78 Å². The minimum absolute atomic E-state index is 0.0702. The summed E-state index contributed by atoms with van der Waals surface area (Å²) in [4.78, 5) is 24.0. The Morgan fingerprint density at radius 1 is 1.27 bits per heavy atom. The lowest BCUT2D eigenvalue weighted by atomic mass is 9.94. The maximum atomic E-state index is 13.8. The van der Waals surface area contributed by atoms with Crippen LogP contribution in [0.4, 0.5) is 4.39 Å². The van der Waals surface area contributed by atoms with Gasteiger partial charge in [0.25, 0.3) is 0 Å². The van der Waals surface area contributed by atoms with E-state index in [1.54, 1.807) is 6.07 Å². The Balaban J connectivity index is 1.51. The normalized spacial score (nSPS) is 16.0. The quantitative estimate of drug-likeness (QED) is 0.604. The van der Waals surface area contributed by atoms with E-state index in [-0.39, 0.29) is 29.0 Å². The highest BCUT2D eigenvalue weighted by Gasteiger charge is 2.19. The van der Waals surface area contributed by atoms with Crippen LogP contribution < -0.4 is 10.6 Å². The molecule has 0 aromatic heterocycles. The van der Waals surface area contributed by atoms with Crippen LogP contribution in [0.3, 0.4) is 0 Å². The number of carbonyl (C=O) groups excluding carboxylic acids is 2. The zero-order chi connectivity index (χ0) is 18.5. The van der Waals surface area contributed by atoms with Gasteiger partial charge in [-0.25, -0.2) is 4.39 Å². The lowest BCUT2D eigenvalue weighted by Gasteiger charge is -2.27. The third-order valence-corrected chi connectivity index (χ3v) is 5.40. The van der Waals surface area contributed by atoms with Crippen LogP contribution in [0, 0.1) is 5.82 Å². The van der Waals surface area contributed by atoms with E-state index in [0.717, 1.165) is 13.0 Å². The molecule has 136 valence electrons. The highest BCUT2D eigenvalue weighted by molar-refractivity contribution is 8.00. The zero-order valence-electron chi connectivity index (χ0n) is 14.5. The number of amides is 1. The molecule has 26 heavy (non-hydrogen) atoms. The summed E-state index contributed by atoms with van der Waals surface area (Å²) < 4.78 is 13.8. The van der Waals surface area contributed by atoms with Gasteiger partial charge in [-0.2, -0.15) is 0 Å². The van der Waals surface area contributed by atoms with E-state index in [1.165, 1.54) is 41.9 Å². The van der Waals surface area contributed by atoms with Crippen molar-refractivity contribution in [1.82, 2.24) is 10.6 Å². The third-order valence-electron chi connectivity index (χ3n) is 4.41. The standard InChI is InChI=1S/C20H21FN2O2S/c1-13(24)16-7-6-15(10-18(16)21)26-12-20(25)23-11-19-17-5-3-2-4-14(17)8-9-22-19/h2-7,10,19,22H,8-9,11-12H2,1H3,(H,23,25). The molecule has 2 aromatic carbocycles. The number of hydrogen-bond donors (Lipinski definition) is 2. The van der Waals surface area contributed by atoms with Crippen molar-refractivity contribution in [1.29, 1.82) is 0 Å². The Morgan fingerprint density at radius 3 is 2.85 bits per heavy atom. The van der Waals surface area contributed by atoms with E-state index in [1.807, 2.05) is 12.1 Å². The Kier molecular flexibility index (Phi) is 6.06. The third kappa shape index (κ3) is 4.51. The van der Waals surface area contributed by atoms with Crippen molar-refractivity contribution in [3.63, 3.8) is 0 Å². The molecular weight excluding hydrogens is 351 g/mol. The first-order valence-electron chi connectivity index (χ1n) is 8.56. The van der Waals surface area contributed by atoms with Gasteiger partial charge in [0.1, 0.15) is 5.82 Å². The predicted octanol–water partition coefficient (Wildman–Crippen LogP) is 3.12. The van der Waals surface area contributed by atoms with Gasteiger partial charge in [-0.05, 0) is 49.2 Å². The van der Waals surface area contributed by atoms with Crippen LogP contribution in [0.25, 0.3) is 0 Å². The van der Waals surface area contributed by atoms with Crippen LogP contribution in [0.5, 0.6) is 0 Å². The van der Waals surface area contributed by atoms with Crippen molar-refractivity contribution in [2.45, 2.75) is 24.3 Å². The second-order valence-electron chi connectivity index (χ2n) is 6.25. The van der Waals surface area contributed by atoms with E-state index >= 15 is 0 Å². The van der Waals surface area contributed by atoms with E-state index in [9.17, 15) is 14.0 Å². The minimum Gasteiger partial charge on any atom is -0.353 e. The number of benzene rings is 2. The second kappa shape index (κ2) is 8.47. The van der Waals surface area contributed by atoms with Crippen LogP contribution in [0.1, 0.15) is 34.5 Å². The molecule has 0 saturated heterocycles. The fraction of sp³-hybridized carbons (Fsp3) is 0.300. The van der Waals surface area contributed by atoms with E-state index in [0.29, 0.717) is 11.4 Å². The molecular formula is C20H21FN2O2S. The van der Waals surface area contributed by atoms with Crippen LogP contribution in [-0.4, -0.2) is 30.5 Å². The first-order valence-corrected chi connectivity index (χ1v) is 9.54. The Bertz CT molecular complexity index is 825. The Hall–Kier alpha value is -2.18. The molecule has 0 aliphatic carbocycles. The summed E-state index contributed by atoms with van der Waals surface area (Å²) in [7, 11) is 0. The molecule has 6 heteroatoms. The molecule has 1 atom stereocenters. The fourth-order valence-electron chi connectivity index (χ4n) is 3.06. The zero-order valence-corrected chi connectivity index (χ0v) is 15.4. The lowest BCUT2D eigenvalue weighted by Crippen LogP contribution is -2.39. The summed E-state index contributed by atoms with van der Waals surface area (Å²) in [6, 6.07) is 12.8. The van der Waals surface area contributed by atoms with Crippen molar-refractivity contribution in [2.24, 2.45) is 0 Å². The van der Waals surface area contributed by atoms with Gasteiger partial charge >= 0.3 is 0 Å². The molecule has 0 saturated carbocycles. The highest BCUT2D eigenvalue weighted by Crippen LogP contribution is 2.23. The predicted molar refractivity (Wildman–Crippen MR) is 101 cm³/mol. The summed E-state index contributed by atoms with van der Waals surface area (Å²) in [5, 5.41) is 6.36. The van der Waals surface area contributed by atoms with Crippen molar-refractivity contribution in [3.05, 3.63) is 65.0 Å². The minimum atomic E-state index is -0.550. The molecule has 1 unspecified atom stereocenters. The number of ketones is 1. The van der Waals surface area contributed by atoms with Crippen LogP contribution >= 0.6 is 11.8 Å². The van der Waals surface area contributed by atoms with Crippen LogP contribution in [0.15, 0.2) is 47.4 Å². The van der Waals surface area contributed by atoms with Crippen LogP contribution in [-0.2, 0) is 11.2 Å². The first-order chi connectivity index (χ1) is 12.5. The number of hydrogen-bond acceptors (Lipinski definition) is 4. The smallest absolute Gasteiger partial charge is 0.230 e. The molecule has 0 radical (unpaired) electrons. The van der Waals surface area contributed by atoms with Gasteiger partial charge in [-0.3, -0.25) is 9.59 Å². The summed E-state index contributed by atoms with van der Waals surface area (Å²) in [6.07, 6.45) is 0.998. The Labute approximate surface area is 156 Å². The summed E-state index contributed by atoms with van der Waals surface area (Å²) in [5.41, 5.74) is 2.62. The van der Waals surface area contributed by atoms with Gasteiger partial charge in [0.2, 0.25) is 5.91 Å². The van der Waals surface area contributed by atoms with E-state index < -0.39 is 5.82 Å². The van der Waals surface area contributed by atoms with Gasteiger partial charge in [-0.1, -0.05) is 24.3 Å². The van der Waals surface area contributed by atoms with Crippen molar-refractivity contribution >= 4 is 23.5 Å². The first kappa shape index (κ1) is 18.6. The van der Waals surface area contributed by atoms with Gasteiger partial charge in [0.05, 0.1) is 11.3 Å². The molecule has 4 nitrogen and oxygen atoms in total. The molecule has 0 bridgehead atoms. The molecule has 0 spiro atoms. The monoisotopic (exact) mass is 372 g/mol.